The number of aryl methyl sites for hydroxylation is 1. The highest BCUT2D eigenvalue weighted by Crippen LogP contribution is 2.22. The Balaban J connectivity index is 1.82. The molecule has 0 amide bonds. The lowest BCUT2D eigenvalue weighted by atomic mass is 10.2. The third kappa shape index (κ3) is 2.92. The van der Waals surface area contributed by atoms with Crippen LogP contribution in [0.2, 0.25) is 0 Å². The third-order valence-corrected chi connectivity index (χ3v) is 3.88. The molecular formula is C14H14N4O2S. The first kappa shape index (κ1) is 13.7. The number of methoxy groups -OCH3 is 1. The third-order valence-electron chi connectivity index (χ3n) is 2.95. The van der Waals surface area contributed by atoms with Crippen molar-refractivity contribution in [1.29, 1.82) is 0 Å². The van der Waals surface area contributed by atoms with E-state index in [0.717, 1.165) is 17.1 Å². The van der Waals surface area contributed by atoms with Crippen LogP contribution in [0.4, 0.5) is 0 Å². The van der Waals surface area contributed by atoms with Gasteiger partial charge in [-0.3, -0.25) is 9.89 Å². The highest BCUT2D eigenvalue weighted by Gasteiger charge is 2.07. The average Bonchev–Trinajstić information content (AvgIpc) is 2.88. The predicted molar refractivity (Wildman–Crippen MR) is 80.9 cm³/mol. The van der Waals surface area contributed by atoms with Gasteiger partial charge in [0.25, 0.3) is 11.3 Å². The van der Waals surface area contributed by atoms with Crippen LogP contribution in [0.15, 0.2) is 40.3 Å². The summed E-state index contributed by atoms with van der Waals surface area (Å²) < 4.78 is 6.54. The lowest BCUT2D eigenvalue weighted by molar-refractivity contribution is 0.414. The van der Waals surface area contributed by atoms with Crippen molar-refractivity contribution in [2.75, 3.05) is 7.11 Å². The highest BCUT2D eigenvalue weighted by atomic mass is 32.2. The van der Waals surface area contributed by atoms with E-state index in [4.69, 9.17) is 4.74 Å². The Morgan fingerprint density at radius 2 is 2.19 bits per heavy atom. The van der Waals surface area contributed by atoms with Crippen LogP contribution in [-0.2, 0) is 5.75 Å². The SMILES string of the molecule is COc1cccc(CSc2nc3nc(C)cc(=O)n3[nH]2)c1. The number of ether oxygens (including phenoxy) is 1. The van der Waals surface area contributed by atoms with Gasteiger partial charge in [0, 0.05) is 17.5 Å². The normalized spacial score (nSPS) is 11.0. The van der Waals surface area contributed by atoms with E-state index >= 15 is 0 Å². The summed E-state index contributed by atoms with van der Waals surface area (Å²) in [4.78, 5) is 20.3. The second-order valence-corrected chi connectivity index (χ2v) is 5.50. The summed E-state index contributed by atoms with van der Waals surface area (Å²) in [7, 11) is 1.64. The molecular weight excluding hydrogens is 288 g/mol. The van der Waals surface area contributed by atoms with E-state index in [2.05, 4.69) is 15.1 Å². The minimum Gasteiger partial charge on any atom is -0.497 e. The van der Waals surface area contributed by atoms with Crippen molar-refractivity contribution < 1.29 is 4.74 Å². The monoisotopic (exact) mass is 302 g/mol. The van der Waals surface area contributed by atoms with E-state index in [9.17, 15) is 4.79 Å². The maximum atomic E-state index is 11.8. The molecule has 0 bridgehead atoms. The minimum atomic E-state index is -0.154. The van der Waals surface area contributed by atoms with Crippen LogP contribution in [0, 0.1) is 6.92 Å². The molecule has 2 aromatic heterocycles. The molecule has 1 N–H and O–H groups in total. The van der Waals surface area contributed by atoms with Crippen LogP contribution in [0.25, 0.3) is 5.78 Å². The van der Waals surface area contributed by atoms with E-state index in [1.54, 1.807) is 14.0 Å². The van der Waals surface area contributed by atoms with Crippen molar-refractivity contribution >= 4 is 17.5 Å². The Bertz CT molecular complexity index is 840. The number of nitrogens with zero attached hydrogens (tertiary/aromatic N) is 3. The van der Waals surface area contributed by atoms with Gasteiger partial charge in [-0.2, -0.15) is 9.50 Å². The van der Waals surface area contributed by atoms with E-state index < -0.39 is 0 Å². The zero-order valence-corrected chi connectivity index (χ0v) is 12.5. The summed E-state index contributed by atoms with van der Waals surface area (Å²) >= 11 is 1.51. The Morgan fingerprint density at radius 1 is 1.33 bits per heavy atom. The molecule has 1 aromatic carbocycles. The first-order valence-electron chi connectivity index (χ1n) is 6.38. The highest BCUT2D eigenvalue weighted by molar-refractivity contribution is 7.98. The van der Waals surface area contributed by atoms with E-state index in [0.29, 0.717) is 16.6 Å². The molecule has 0 saturated carbocycles. The number of nitrogens with one attached hydrogen (secondary N) is 1. The van der Waals surface area contributed by atoms with Crippen LogP contribution in [0.1, 0.15) is 11.3 Å². The summed E-state index contributed by atoms with van der Waals surface area (Å²) in [6.07, 6.45) is 0. The van der Waals surface area contributed by atoms with Crippen molar-refractivity contribution in [3.8, 4) is 5.75 Å². The lowest BCUT2D eigenvalue weighted by Crippen LogP contribution is -2.14. The fourth-order valence-corrected chi connectivity index (χ4v) is 2.74. The van der Waals surface area contributed by atoms with Crippen LogP contribution in [0.5, 0.6) is 5.75 Å². The fourth-order valence-electron chi connectivity index (χ4n) is 1.95. The van der Waals surface area contributed by atoms with Crippen LogP contribution >= 0.6 is 11.8 Å². The van der Waals surface area contributed by atoms with Gasteiger partial charge in [-0.1, -0.05) is 23.9 Å². The summed E-state index contributed by atoms with van der Waals surface area (Å²) in [6.45, 7) is 1.78. The minimum absolute atomic E-state index is 0.154. The standard InChI is InChI=1S/C14H14N4O2S/c1-9-6-12(19)18-13(15-9)16-14(17-18)21-8-10-4-3-5-11(7-10)20-2/h3-7H,8H2,1-2H3,(H,15,16,17). The molecule has 0 aliphatic rings. The van der Waals surface area contributed by atoms with E-state index in [1.807, 2.05) is 24.3 Å². The second-order valence-electron chi connectivity index (χ2n) is 4.54. The van der Waals surface area contributed by atoms with Crippen molar-refractivity contribution in [2.24, 2.45) is 0 Å². The summed E-state index contributed by atoms with van der Waals surface area (Å²) in [5.41, 5.74) is 1.63. The molecule has 0 saturated heterocycles. The van der Waals surface area contributed by atoms with Gasteiger partial charge < -0.3 is 4.74 Å². The van der Waals surface area contributed by atoms with Crippen LogP contribution in [0.3, 0.4) is 0 Å². The first-order valence-corrected chi connectivity index (χ1v) is 7.36. The maximum Gasteiger partial charge on any atom is 0.274 e. The largest absolute Gasteiger partial charge is 0.497 e. The molecule has 0 unspecified atom stereocenters. The fraction of sp³-hybridized carbons (Fsp3) is 0.214. The topological polar surface area (TPSA) is 72.3 Å². The van der Waals surface area contributed by atoms with Crippen molar-refractivity contribution in [2.45, 2.75) is 17.8 Å². The molecule has 3 aromatic rings. The number of thioether (sulfide) groups is 1. The molecule has 108 valence electrons. The molecule has 0 atom stereocenters. The van der Waals surface area contributed by atoms with Crippen molar-refractivity contribution in [3.05, 3.63) is 51.9 Å². The number of hydrogen-bond donors (Lipinski definition) is 1. The van der Waals surface area contributed by atoms with Gasteiger partial charge in [0.15, 0.2) is 5.16 Å². The van der Waals surface area contributed by atoms with Crippen molar-refractivity contribution in [3.63, 3.8) is 0 Å². The van der Waals surface area contributed by atoms with Gasteiger partial charge in [-0.05, 0) is 24.6 Å². The first-order chi connectivity index (χ1) is 10.2. The quantitative estimate of drug-likeness (QED) is 0.747. The number of rotatable bonds is 4. The molecule has 6 nitrogen and oxygen atoms in total. The summed E-state index contributed by atoms with van der Waals surface area (Å²) in [6, 6.07) is 9.32. The van der Waals surface area contributed by atoms with Crippen LogP contribution < -0.4 is 10.3 Å². The summed E-state index contributed by atoms with van der Waals surface area (Å²) in [5.74, 6) is 1.95. The van der Waals surface area contributed by atoms with Gasteiger partial charge in [-0.15, -0.1) is 0 Å². The molecule has 0 fully saturated rings. The number of fused-ring (bicyclic) bond motifs is 1. The lowest BCUT2D eigenvalue weighted by Gasteiger charge is -2.02. The van der Waals surface area contributed by atoms with E-state index in [-0.39, 0.29) is 5.56 Å². The maximum absolute atomic E-state index is 11.8. The molecule has 0 spiro atoms. The Morgan fingerprint density at radius 3 is 3.00 bits per heavy atom. The number of aromatic amines is 1. The number of hydrogen-bond acceptors (Lipinski definition) is 5. The predicted octanol–water partition coefficient (Wildman–Crippen LogP) is 2.03. The Hall–Kier alpha value is -2.28. The number of benzene rings is 1. The van der Waals surface area contributed by atoms with Gasteiger partial charge in [0.2, 0.25) is 0 Å². The van der Waals surface area contributed by atoms with Gasteiger partial charge >= 0.3 is 0 Å². The molecule has 0 aliphatic heterocycles. The van der Waals surface area contributed by atoms with E-state index in [1.165, 1.54) is 22.3 Å². The molecule has 3 rings (SSSR count). The Labute approximate surface area is 125 Å². The zero-order valence-electron chi connectivity index (χ0n) is 11.7. The van der Waals surface area contributed by atoms with Gasteiger partial charge in [-0.25, -0.2) is 4.98 Å². The number of H-pyrrole nitrogens is 1. The molecule has 21 heavy (non-hydrogen) atoms. The average molecular weight is 302 g/mol. The van der Waals surface area contributed by atoms with Crippen LogP contribution in [-0.4, -0.2) is 26.7 Å². The Kier molecular flexibility index (Phi) is 3.66. The summed E-state index contributed by atoms with van der Waals surface area (Å²) in [5, 5.41) is 3.61. The molecule has 0 radical (unpaired) electrons. The number of aromatic nitrogens is 4. The van der Waals surface area contributed by atoms with Crippen molar-refractivity contribution in [1.82, 2.24) is 19.6 Å². The molecule has 0 aliphatic carbocycles. The molecule has 2 heterocycles. The van der Waals surface area contributed by atoms with Gasteiger partial charge in [0.05, 0.1) is 7.11 Å². The molecule has 7 heteroatoms. The van der Waals surface area contributed by atoms with Gasteiger partial charge in [0.1, 0.15) is 5.75 Å². The smallest absolute Gasteiger partial charge is 0.274 e. The second kappa shape index (κ2) is 5.61. The zero-order chi connectivity index (χ0) is 14.8.